The van der Waals surface area contributed by atoms with Gasteiger partial charge in [-0.2, -0.15) is 0 Å². The van der Waals surface area contributed by atoms with E-state index in [1.165, 1.54) is 43.0 Å². The molecule has 0 aliphatic rings. The van der Waals surface area contributed by atoms with Crippen LogP contribution in [0.4, 0.5) is 0 Å². The van der Waals surface area contributed by atoms with Crippen molar-refractivity contribution in [2.75, 3.05) is 0 Å². The summed E-state index contributed by atoms with van der Waals surface area (Å²) in [4.78, 5) is 0. The van der Waals surface area contributed by atoms with Crippen LogP contribution in [0.5, 0.6) is 0 Å². The van der Waals surface area contributed by atoms with E-state index >= 15 is 0 Å². The van der Waals surface area contributed by atoms with Gasteiger partial charge in [-0.15, -0.1) is 0 Å². The Labute approximate surface area is 244 Å². The van der Waals surface area contributed by atoms with E-state index in [1.54, 1.807) is 0 Å². The van der Waals surface area contributed by atoms with Crippen molar-refractivity contribution in [2.45, 2.75) is 0 Å². The predicted molar refractivity (Wildman–Crippen MR) is 169 cm³/mol. The molecule has 0 saturated carbocycles. The smallest absolute Gasteiger partial charge is 0 e. The maximum absolute atomic E-state index is 2.34. The largest absolute Gasteiger partial charge is 0.0622 e. The van der Waals surface area contributed by atoms with E-state index in [4.69, 9.17) is 0 Å². The number of hydrogen-bond acceptors (Lipinski definition) is 0. The predicted octanol–water partition coefficient (Wildman–Crippen LogP) is 6.87. The van der Waals surface area contributed by atoms with Crippen molar-refractivity contribution in [1.82, 2.24) is 0 Å². The Balaban J connectivity index is 0.00000308. The molecule has 0 heterocycles. The molecule has 0 nitrogen and oxygen atoms in total. The van der Waals surface area contributed by atoms with E-state index in [9.17, 15) is 0 Å². The number of benzene rings is 6. The van der Waals surface area contributed by atoms with Crippen LogP contribution in [0.3, 0.4) is 0 Å². The van der Waals surface area contributed by atoms with E-state index in [0.29, 0.717) is 0 Å². The van der Waals surface area contributed by atoms with Gasteiger partial charge in [-0.1, -0.05) is 170 Å². The topological polar surface area (TPSA) is 0 Å². The molecular weight excluding hydrogens is 553 g/mol. The van der Waals surface area contributed by atoms with Crippen molar-refractivity contribution in [3.8, 4) is 11.1 Å². The molecule has 0 fully saturated rings. The molecule has 192 valence electrons. The van der Waals surface area contributed by atoms with Crippen LogP contribution in [-0.4, -0.2) is 0 Å². The summed E-state index contributed by atoms with van der Waals surface area (Å²) in [7, 11) is -1.45. The summed E-state index contributed by atoms with van der Waals surface area (Å²) in [5.74, 6) is 0. The van der Waals surface area contributed by atoms with Crippen LogP contribution in [0, 0.1) is 0 Å². The molecule has 0 saturated heterocycles. The normalized spacial score (nSPS) is 10.8. The molecule has 6 rings (SSSR count). The third-order valence-corrected chi connectivity index (χ3v) is 11.6. The molecule has 0 spiro atoms. The minimum atomic E-state index is -0.723. The molecule has 0 unspecified atom stereocenters. The van der Waals surface area contributed by atoms with Crippen LogP contribution < -0.4 is 31.8 Å². The Hall–Kier alpha value is -3.33. The van der Waals surface area contributed by atoms with E-state index < -0.39 is 15.8 Å². The molecule has 39 heavy (non-hydrogen) atoms. The summed E-state index contributed by atoms with van der Waals surface area (Å²) in [6, 6.07) is 62.0. The van der Waals surface area contributed by atoms with Crippen molar-refractivity contribution < 1.29 is 16.5 Å². The zero-order chi connectivity index (χ0) is 25.6. The van der Waals surface area contributed by atoms with Crippen molar-refractivity contribution >= 4 is 47.7 Å². The first-order valence-electron chi connectivity index (χ1n) is 12.9. The Morgan fingerprint density at radius 3 is 0.769 bits per heavy atom. The Kier molecular flexibility index (Phi) is 9.19. The van der Waals surface area contributed by atoms with Gasteiger partial charge >= 0.3 is 0 Å². The van der Waals surface area contributed by atoms with Gasteiger partial charge in [0.1, 0.15) is 0 Å². The molecule has 0 amide bonds. The molecule has 3 heteroatoms. The van der Waals surface area contributed by atoms with Gasteiger partial charge in [-0.25, -0.2) is 0 Å². The molecule has 0 N–H and O–H groups in total. The van der Waals surface area contributed by atoms with E-state index in [1.807, 2.05) is 0 Å². The van der Waals surface area contributed by atoms with Gasteiger partial charge in [0.25, 0.3) is 0 Å². The van der Waals surface area contributed by atoms with Crippen molar-refractivity contribution in [1.29, 1.82) is 0 Å². The van der Waals surface area contributed by atoms with E-state index in [-0.39, 0.29) is 16.5 Å². The fraction of sp³-hybridized carbons (Fsp3) is 0. The van der Waals surface area contributed by atoms with Crippen LogP contribution in [0.25, 0.3) is 11.1 Å². The molecule has 6 aromatic rings. The summed E-state index contributed by atoms with van der Waals surface area (Å²) in [5.41, 5.74) is 2.64. The first kappa shape index (κ1) is 27.2. The van der Waals surface area contributed by atoms with Crippen molar-refractivity contribution in [3.05, 3.63) is 170 Å². The van der Waals surface area contributed by atoms with Crippen LogP contribution in [0.15, 0.2) is 170 Å². The maximum atomic E-state index is 2.34. The fourth-order valence-corrected chi connectivity index (χ4v) is 9.89. The standard InChI is InChI=1S/C36H28P2.Ni/c1-5-17-29(18-6-1)37(30-19-7-2-8-20-30)35-27-15-13-25-33(35)34-26-14-16-28-36(34)38(31-21-9-3-10-22-31)32-23-11-4-12-24-32;/h1-28H;. The first-order chi connectivity index (χ1) is 18.9. The average Bonchev–Trinajstić information content (AvgIpc) is 3.00. The summed E-state index contributed by atoms with van der Waals surface area (Å²) in [5, 5.41) is 8.25. The van der Waals surface area contributed by atoms with Gasteiger partial charge in [-0.05, 0) is 58.8 Å². The van der Waals surface area contributed by atoms with Crippen LogP contribution >= 0.6 is 15.8 Å². The van der Waals surface area contributed by atoms with Gasteiger partial charge in [0.2, 0.25) is 0 Å². The molecule has 0 aromatic heterocycles. The third-order valence-electron chi connectivity index (χ3n) is 6.64. The molecule has 0 radical (unpaired) electrons. The van der Waals surface area contributed by atoms with Gasteiger partial charge in [0.05, 0.1) is 0 Å². The Bertz CT molecular complexity index is 1400. The number of hydrogen-bond donors (Lipinski definition) is 0. The van der Waals surface area contributed by atoms with Gasteiger partial charge in [-0.3, -0.25) is 0 Å². The Morgan fingerprint density at radius 2 is 0.487 bits per heavy atom. The zero-order valence-corrected chi connectivity index (χ0v) is 24.2. The monoisotopic (exact) mass is 580 g/mol. The molecule has 0 aliphatic carbocycles. The van der Waals surface area contributed by atoms with Gasteiger partial charge < -0.3 is 0 Å². The van der Waals surface area contributed by atoms with Crippen LogP contribution in [0.2, 0.25) is 0 Å². The molecular formula is C36H28NiP2. The molecule has 0 atom stereocenters. The summed E-state index contributed by atoms with van der Waals surface area (Å²) < 4.78 is 0. The Morgan fingerprint density at radius 1 is 0.256 bits per heavy atom. The second-order valence-corrected chi connectivity index (χ2v) is 13.4. The molecule has 0 aliphatic heterocycles. The second-order valence-electron chi connectivity index (χ2n) is 9.05. The van der Waals surface area contributed by atoms with Crippen LogP contribution in [-0.2, 0) is 16.5 Å². The van der Waals surface area contributed by atoms with Gasteiger partial charge in [0.15, 0.2) is 0 Å². The van der Waals surface area contributed by atoms with Crippen molar-refractivity contribution in [3.63, 3.8) is 0 Å². The number of rotatable bonds is 7. The summed E-state index contributed by atoms with van der Waals surface area (Å²) >= 11 is 0. The second kappa shape index (κ2) is 13.2. The average molecular weight is 581 g/mol. The first-order valence-corrected chi connectivity index (χ1v) is 15.6. The minimum absolute atomic E-state index is 0. The minimum Gasteiger partial charge on any atom is -0.0622 e. The van der Waals surface area contributed by atoms with Crippen molar-refractivity contribution in [2.24, 2.45) is 0 Å². The van der Waals surface area contributed by atoms with E-state index in [2.05, 4.69) is 170 Å². The summed E-state index contributed by atoms with van der Waals surface area (Å²) in [6.07, 6.45) is 0. The maximum Gasteiger partial charge on any atom is 0 e. The SMILES string of the molecule is [Ni].c1ccc(P(c2ccccc2)c2ccccc2-c2ccccc2P(c2ccccc2)c2ccccc2)cc1. The fourth-order valence-electron chi connectivity index (χ4n) is 4.96. The zero-order valence-electron chi connectivity index (χ0n) is 21.4. The quantitative estimate of drug-likeness (QED) is 0.143. The summed E-state index contributed by atoms with van der Waals surface area (Å²) in [6.45, 7) is 0. The van der Waals surface area contributed by atoms with E-state index in [0.717, 1.165) is 0 Å². The molecule has 6 aromatic carbocycles. The molecule has 0 bridgehead atoms. The third kappa shape index (κ3) is 5.98. The van der Waals surface area contributed by atoms with Crippen LogP contribution in [0.1, 0.15) is 0 Å². The van der Waals surface area contributed by atoms with Gasteiger partial charge in [0, 0.05) is 16.5 Å².